The Hall–Kier alpha value is -0.260. The summed E-state index contributed by atoms with van der Waals surface area (Å²) in [4.78, 5) is 0. The second-order valence-corrected chi connectivity index (χ2v) is 10.6. The molecule has 124 valence electrons. The van der Waals surface area contributed by atoms with E-state index in [-0.39, 0.29) is 0 Å². The van der Waals surface area contributed by atoms with Gasteiger partial charge in [-0.25, -0.2) is 0 Å². The van der Waals surface area contributed by atoms with E-state index in [0.29, 0.717) is 22.2 Å². The lowest BCUT2D eigenvalue weighted by Gasteiger charge is -2.53. The Morgan fingerprint density at radius 3 is 2.14 bits per heavy atom. The van der Waals surface area contributed by atoms with Crippen LogP contribution >= 0.6 is 0 Å². The molecule has 0 bridgehead atoms. The van der Waals surface area contributed by atoms with Crippen LogP contribution in [-0.4, -0.2) is 0 Å². The highest BCUT2D eigenvalue weighted by molar-refractivity contribution is 5.10. The average Bonchev–Trinajstić information content (AvgIpc) is 2.06. The maximum absolute atomic E-state index is 4.36. The quantitative estimate of drug-likeness (QED) is 0.474. The SMILES string of the molecule is C=C(C)C1C(CC(C)(C)CC(C)C)CC(C)(C)CC1(C)C. The molecular weight excluding hydrogens is 252 g/mol. The third-order valence-corrected chi connectivity index (χ3v) is 5.37. The minimum absolute atomic E-state index is 0.381. The van der Waals surface area contributed by atoms with Gasteiger partial charge in [0, 0.05) is 0 Å². The highest BCUT2D eigenvalue weighted by Gasteiger charge is 2.47. The second kappa shape index (κ2) is 6.09. The molecule has 1 aliphatic carbocycles. The summed E-state index contributed by atoms with van der Waals surface area (Å²) in [6.07, 6.45) is 5.34. The van der Waals surface area contributed by atoms with Crippen molar-refractivity contribution in [2.75, 3.05) is 0 Å². The molecule has 0 aliphatic heterocycles. The first-order chi connectivity index (χ1) is 9.26. The lowest BCUT2D eigenvalue weighted by molar-refractivity contribution is -0.00439. The van der Waals surface area contributed by atoms with Gasteiger partial charge in [0.15, 0.2) is 0 Å². The maximum Gasteiger partial charge on any atom is -0.0128 e. The van der Waals surface area contributed by atoms with Crippen LogP contribution in [0.15, 0.2) is 12.2 Å². The van der Waals surface area contributed by atoms with E-state index in [1.807, 2.05) is 0 Å². The Morgan fingerprint density at radius 2 is 1.71 bits per heavy atom. The molecular formula is C21H40. The van der Waals surface area contributed by atoms with E-state index in [9.17, 15) is 0 Å². The average molecular weight is 293 g/mol. The predicted molar refractivity (Wildman–Crippen MR) is 96.4 cm³/mol. The normalized spacial score (nSPS) is 28.7. The first-order valence-electron chi connectivity index (χ1n) is 8.91. The zero-order valence-electron chi connectivity index (χ0n) is 16.3. The van der Waals surface area contributed by atoms with E-state index < -0.39 is 0 Å². The van der Waals surface area contributed by atoms with Crippen LogP contribution in [0.5, 0.6) is 0 Å². The largest absolute Gasteiger partial charge is 0.0998 e. The summed E-state index contributed by atoms with van der Waals surface area (Å²) in [6, 6.07) is 0. The van der Waals surface area contributed by atoms with Crippen molar-refractivity contribution in [2.45, 2.75) is 88.0 Å². The molecule has 2 atom stereocenters. The third kappa shape index (κ3) is 5.15. The first kappa shape index (κ1) is 18.8. The molecule has 0 aromatic rings. The number of rotatable bonds is 5. The number of hydrogen-bond acceptors (Lipinski definition) is 0. The number of hydrogen-bond donors (Lipinski definition) is 0. The predicted octanol–water partition coefficient (Wildman–Crippen LogP) is 7.10. The van der Waals surface area contributed by atoms with Crippen LogP contribution in [0.3, 0.4) is 0 Å². The zero-order chi connectivity index (χ0) is 16.6. The Balaban J connectivity index is 3.02. The molecule has 0 nitrogen and oxygen atoms in total. The molecule has 2 unspecified atom stereocenters. The molecule has 0 saturated heterocycles. The third-order valence-electron chi connectivity index (χ3n) is 5.37. The van der Waals surface area contributed by atoms with Crippen molar-refractivity contribution in [1.82, 2.24) is 0 Å². The lowest BCUT2D eigenvalue weighted by atomic mass is 9.52. The van der Waals surface area contributed by atoms with E-state index in [4.69, 9.17) is 0 Å². The van der Waals surface area contributed by atoms with Gasteiger partial charge < -0.3 is 0 Å². The Bertz CT molecular complexity index is 367. The zero-order valence-corrected chi connectivity index (χ0v) is 16.3. The summed E-state index contributed by atoms with van der Waals surface area (Å²) >= 11 is 0. The first-order valence-corrected chi connectivity index (χ1v) is 8.91. The van der Waals surface area contributed by atoms with Crippen molar-refractivity contribution in [3.05, 3.63) is 12.2 Å². The van der Waals surface area contributed by atoms with E-state index >= 15 is 0 Å². The summed E-state index contributed by atoms with van der Waals surface area (Å²) in [5.41, 5.74) is 2.69. The van der Waals surface area contributed by atoms with E-state index in [1.165, 1.54) is 31.3 Å². The Kier molecular flexibility index (Phi) is 5.45. The fraction of sp³-hybridized carbons (Fsp3) is 0.905. The van der Waals surface area contributed by atoms with Crippen molar-refractivity contribution in [2.24, 2.45) is 34.0 Å². The van der Waals surface area contributed by atoms with Gasteiger partial charge in [-0.3, -0.25) is 0 Å². The molecule has 21 heavy (non-hydrogen) atoms. The molecule has 1 saturated carbocycles. The van der Waals surface area contributed by atoms with E-state index in [2.05, 4.69) is 68.9 Å². The van der Waals surface area contributed by atoms with Crippen LogP contribution in [-0.2, 0) is 0 Å². The van der Waals surface area contributed by atoms with Crippen molar-refractivity contribution in [1.29, 1.82) is 0 Å². The molecule has 0 aromatic carbocycles. The van der Waals surface area contributed by atoms with Gasteiger partial charge in [-0.05, 0) is 66.6 Å². The molecule has 1 fully saturated rings. The van der Waals surface area contributed by atoms with Gasteiger partial charge in [0.05, 0.1) is 0 Å². The van der Waals surface area contributed by atoms with Gasteiger partial charge in [0.1, 0.15) is 0 Å². The molecule has 0 heteroatoms. The monoisotopic (exact) mass is 292 g/mol. The Morgan fingerprint density at radius 1 is 1.19 bits per heavy atom. The second-order valence-electron chi connectivity index (χ2n) is 10.6. The van der Waals surface area contributed by atoms with Crippen molar-refractivity contribution in [3.8, 4) is 0 Å². The van der Waals surface area contributed by atoms with Gasteiger partial charge in [-0.1, -0.05) is 67.5 Å². The van der Waals surface area contributed by atoms with Gasteiger partial charge in [0.2, 0.25) is 0 Å². The van der Waals surface area contributed by atoms with Crippen LogP contribution in [0.4, 0.5) is 0 Å². The summed E-state index contributed by atoms with van der Waals surface area (Å²) < 4.78 is 0. The fourth-order valence-electron chi connectivity index (χ4n) is 6.04. The minimum atomic E-state index is 0.381. The van der Waals surface area contributed by atoms with Crippen molar-refractivity contribution < 1.29 is 0 Å². The van der Waals surface area contributed by atoms with Gasteiger partial charge in [-0.2, -0.15) is 0 Å². The summed E-state index contributed by atoms with van der Waals surface area (Å²) in [5.74, 6) is 2.25. The van der Waals surface area contributed by atoms with Gasteiger partial charge in [-0.15, -0.1) is 0 Å². The van der Waals surface area contributed by atoms with E-state index in [0.717, 1.165) is 11.8 Å². The highest BCUT2D eigenvalue weighted by atomic mass is 14.5. The molecule has 0 aromatic heterocycles. The molecule has 0 N–H and O–H groups in total. The molecule has 0 spiro atoms. The van der Waals surface area contributed by atoms with Crippen molar-refractivity contribution in [3.63, 3.8) is 0 Å². The van der Waals surface area contributed by atoms with Gasteiger partial charge in [0.25, 0.3) is 0 Å². The Labute approximate surface area is 134 Å². The van der Waals surface area contributed by atoms with E-state index in [1.54, 1.807) is 0 Å². The number of allylic oxidation sites excluding steroid dienone is 1. The summed E-state index contributed by atoms with van der Waals surface area (Å²) in [5, 5.41) is 0. The van der Waals surface area contributed by atoms with Crippen LogP contribution in [0, 0.1) is 34.0 Å². The minimum Gasteiger partial charge on any atom is -0.0998 e. The standard InChI is InChI=1S/C21H40/c1-15(2)11-19(5,6)12-17-13-20(7,8)14-21(9,10)18(17)16(3)4/h15,17-18H,3,11-14H2,1-2,4-10H3. The maximum atomic E-state index is 4.36. The fourth-order valence-corrected chi connectivity index (χ4v) is 6.04. The highest BCUT2D eigenvalue weighted by Crippen LogP contribution is 2.56. The van der Waals surface area contributed by atoms with Crippen LogP contribution in [0.1, 0.15) is 88.0 Å². The molecule has 0 heterocycles. The molecule has 1 rings (SSSR count). The van der Waals surface area contributed by atoms with Gasteiger partial charge >= 0.3 is 0 Å². The smallest absolute Gasteiger partial charge is 0.0128 e. The summed E-state index contributed by atoms with van der Waals surface area (Å²) in [7, 11) is 0. The van der Waals surface area contributed by atoms with Crippen LogP contribution in [0.2, 0.25) is 0 Å². The van der Waals surface area contributed by atoms with Crippen molar-refractivity contribution >= 4 is 0 Å². The topological polar surface area (TPSA) is 0 Å². The van der Waals surface area contributed by atoms with Crippen LogP contribution in [0.25, 0.3) is 0 Å². The van der Waals surface area contributed by atoms with Crippen LogP contribution < -0.4 is 0 Å². The lowest BCUT2D eigenvalue weighted by Crippen LogP contribution is -2.44. The molecule has 1 aliphatic rings. The molecule has 0 amide bonds. The summed E-state index contributed by atoms with van der Waals surface area (Å²) in [6.45, 7) is 26.1. The molecule has 0 radical (unpaired) electrons.